The topological polar surface area (TPSA) is 89.8 Å². The number of nitrogens with zero attached hydrogens (tertiary/aromatic N) is 4. The third-order valence-corrected chi connectivity index (χ3v) is 5.26. The van der Waals surface area contributed by atoms with Gasteiger partial charge in [0.2, 0.25) is 10.0 Å². The molecule has 0 spiro atoms. The predicted octanol–water partition coefficient (Wildman–Crippen LogP) is 2.08. The molecule has 7 nitrogen and oxygen atoms in total. The van der Waals surface area contributed by atoms with Crippen LogP contribution in [0.25, 0.3) is 11.6 Å². The Hall–Kier alpha value is -2.10. The number of halogens is 1. The lowest BCUT2D eigenvalue weighted by Gasteiger charge is -2.09. The first kappa shape index (κ1) is 16.7. The van der Waals surface area contributed by atoms with Crippen molar-refractivity contribution in [3.63, 3.8) is 0 Å². The molecule has 0 aliphatic heterocycles. The van der Waals surface area contributed by atoms with Crippen LogP contribution in [-0.2, 0) is 16.6 Å². The predicted molar refractivity (Wildman–Crippen MR) is 92.6 cm³/mol. The minimum atomic E-state index is -3.54. The zero-order valence-corrected chi connectivity index (χ0v) is 14.9. The van der Waals surface area contributed by atoms with Gasteiger partial charge < -0.3 is 4.57 Å². The van der Waals surface area contributed by atoms with Gasteiger partial charge >= 0.3 is 0 Å². The lowest BCUT2D eigenvalue weighted by atomic mass is 10.4. The molecule has 9 heteroatoms. The lowest BCUT2D eigenvalue weighted by molar-refractivity contribution is 0.573. The Morgan fingerprint density at radius 2 is 1.75 bits per heavy atom. The van der Waals surface area contributed by atoms with E-state index in [1.807, 2.05) is 0 Å². The van der Waals surface area contributed by atoms with Gasteiger partial charge in [0.1, 0.15) is 0 Å². The van der Waals surface area contributed by atoms with Crippen molar-refractivity contribution in [1.82, 2.24) is 24.2 Å². The summed E-state index contributed by atoms with van der Waals surface area (Å²) in [5.41, 5.74) is 0. The lowest BCUT2D eigenvalue weighted by Crippen LogP contribution is -2.27. The van der Waals surface area contributed by atoms with Crippen LogP contribution in [-0.4, -0.2) is 34.5 Å². The molecule has 0 atom stereocenters. The number of sulfonamides is 1. The SMILES string of the molecule is O=S(=O)(NCCn1ccnc1-c1ncccn1)c1ccc(Br)cc1. The van der Waals surface area contributed by atoms with Crippen molar-refractivity contribution in [3.05, 3.63) is 59.6 Å². The van der Waals surface area contributed by atoms with Crippen LogP contribution in [0, 0.1) is 0 Å². The van der Waals surface area contributed by atoms with Gasteiger partial charge in [0.25, 0.3) is 0 Å². The van der Waals surface area contributed by atoms with Gasteiger partial charge in [-0.1, -0.05) is 15.9 Å². The normalized spacial score (nSPS) is 11.5. The van der Waals surface area contributed by atoms with Crippen molar-refractivity contribution < 1.29 is 8.42 Å². The Kier molecular flexibility index (Phi) is 5.03. The number of hydrogen-bond donors (Lipinski definition) is 1. The molecule has 124 valence electrons. The smallest absolute Gasteiger partial charge is 0.240 e. The van der Waals surface area contributed by atoms with Crippen molar-refractivity contribution in [2.75, 3.05) is 6.54 Å². The molecule has 3 aromatic rings. The van der Waals surface area contributed by atoms with E-state index in [0.29, 0.717) is 18.2 Å². The molecule has 0 amide bonds. The summed E-state index contributed by atoms with van der Waals surface area (Å²) in [6.07, 6.45) is 6.67. The van der Waals surface area contributed by atoms with Crippen LogP contribution in [0.4, 0.5) is 0 Å². The maximum atomic E-state index is 12.3. The molecule has 1 N–H and O–H groups in total. The van der Waals surface area contributed by atoms with E-state index >= 15 is 0 Å². The molecule has 24 heavy (non-hydrogen) atoms. The summed E-state index contributed by atoms with van der Waals surface area (Å²) in [5, 5.41) is 0. The number of aromatic nitrogens is 4. The molecule has 3 rings (SSSR count). The molecule has 0 radical (unpaired) electrons. The van der Waals surface area contributed by atoms with Crippen molar-refractivity contribution in [3.8, 4) is 11.6 Å². The first-order valence-corrected chi connectivity index (χ1v) is 9.38. The minimum Gasteiger partial charge on any atom is -0.327 e. The van der Waals surface area contributed by atoms with E-state index < -0.39 is 10.0 Å². The Morgan fingerprint density at radius 3 is 2.46 bits per heavy atom. The van der Waals surface area contributed by atoms with Crippen LogP contribution in [0.5, 0.6) is 0 Å². The van der Waals surface area contributed by atoms with Gasteiger partial charge in [0.15, 0.2) is 11.6 Å². The molecule has 2 heterocycles. The van der Waals surface area contributed by atoms with Crippen LogP contribution in [0.15, 0.2) is 64.5 Å². The summed E-state index contributed by atoms with van der Waals surface area (Å²) in [4.78, 5) is 12.8. The molecule has 1 aromatic carbocycles. The van der Waals surface area contributed by atoms with E-state index in [4.69, 9.17) is 0 Å². The van der Waals surface area contributed by atoms with Crippen LogP contribution in [0.3, 0.4) is 0 Å². The average molecular weight is 408 g/mol. The average Bonchev–Trinajstić information content (AvgIpc) is 3.04. The fraction of sp³-hybridized carbons (Fsp3) is 0.133. The summed E-state index contributed by atoms with van der Waals surface area (Å²) in [6, 6.07) is 8.20. The van der Waals surface area contributed by atoms with E-state index in [1.165, 1.54) is 0 Å². The van der Waals surface area contributed by atoms with E-state index in [1.54, 1.807) is 59.7 Å². The summed E-state index contributed by atoms with van der Waals surface area (Å²) in [6.45, 7) is 0.651. The summed E-state index contributed by atoms with van der Waals surface area (Å²) >= 11 is 3.28. The zero-order valence-electron chi connectivity index (χ0n) is 12.5. The maximum Gasteiger partial charge on any atom is 0.240 e. The third-order valence-electron chi connectivity index (χ3n) is 3.25. The molecular formula is C15H14BrN5O2S. The highest BCUT2D eigenvalue weighted by Gasteiger charge is 2.14. The van der Waals surface area contributed by atoms with Crippen LogP contribution < -0.4 is 4.72 Å². The maximum absolute atomic E-state index is 12.3. The van der Waals surface area contributed by atoms with Gasteiger partial charge in [0, 0.05) is 42.3 Å². The van der Waals surface area contributed by atoms with E-state index in [2.05, 4.69) is 35.6 Å². The summed E-state index contributed by atoms with van der Waals surface area (Å²) < 4.78 is 29.7. The summed E-state index contributed by atoms with van der Waals surface area (Å²) in [7, 11) is -3.54. The molecular weight excluding hydrogens is 394 g/mol. The molecule has 2 aromatic heterocycles. The number of rotatable bonds is 6. The van der Waals surface area contributed by atoms with Crippen molar-refractivity contribution in [1.29, 1.82) is 0 Å². The van der Waals surface area contributed by atoms with Gasteiger partial charge in [0.05, 0.1) is 4.90 Å². The Morgan fingerprint density at radius 1 is 1.04 bits per heavy atom. The second-order valence-corrected chi connectivity index (χ2v) is 7.55. The fourth-order valence-corrected chi connectivity index (χ4v) is 3.39. The van der Waals surface area contributed by atoms with Gasteiger partial charge in [-0.3, -0.25) is 0 Å². The first-order valence-electron chi connectivity index (χ1n) is 7.10. The molecule has 0 fully saturated rings. The Bertz CT molecular complexity index is 911. The van der Waals surface area contributed by atoms with Gasteiger partial charge in [-0.25, -0.2) is 28.1 Å². The molecule has 0 aliphatic carbocycles. The van der Waals surface area contributed by atoms with Gasteiger partial charge in [-0.2, -0.15) is 0 Å². The molecule has 0 bridgehead atoms. The quantitative estimate of drug-likeness (QED) is 0.675. The monoisotopic (exact) mass is 407 g/mol. The second kappa shape index (κ2) is 7.20. The Labute approximate surface area is 148 Å². The van der Waals surface area contributed by atoms with Crippen molar-refractivity contribution in [2.24, 2.45) is 0 Å². The molecule has 0 saturated carbocycles. The number of benzene rings is 1. The standard InChI is InChI=1S/C15H14BrN5O2S/c16-12-2-4-13(5-3-12)24(22,23)20-9-11-21-10-8-19-15(21)14-17-6-1-7-18-14/h1-8,10,20H,9,11H2. The number of hydrogen-bond acceptors (Lipinski definition) is 5. The Balaban J connectivity index is 1.67. The highest BCUT2D eigenvalue weighted by atomic mass is 79.9. The fourth-order valence-electron chi connectivity index (χ4n) is 2.11. The first-order chi connectivity index (χ1) is 11.6. The van der Waals surface area contributed by atoms with Crippen LogP contribution >= 0.6 is 15.9 Å². The molecule has 0 saturated heterocycles. The van der Waals surface area contributed by atoms with Gasteiger partial charge in [-0.15, -0.1) is 0 Å². The molecule has 0 unspecified atom stereocenters. The van der Waals surface area contributed by atoms with Crippen LogP contribution in [0.2, 0.25) is 0 Å². The minimum absolute atomic E-state index is 0.225. The van der Waals surface area contributed by atoms with E-state index in [0.717, 1.165) is 4.47 Å². The van der Waals surface area contributed by atoms with E-state index in [-0.39, 0.29) is 11.4 Å². The number of nitrogens with one attached hydrogen (secondary N) is 1. The highest BCUT2D eigenvalue weighted by Crippen LogP contribution is 2.15. The zero-order chi connectivity index (χ0) is 17.0. The highest BCUT2D eigenvalue weighted by molar-refractivity contribution is 9.10. The third kappa shape index (κ3) is 3.86. The number of imidazole rings is 1. The largest absolute Gasteiger partial charge is 0.327 e. The van der Waals surface area contributed by atoms with E-state index in [9.17, 15) is 8.42 Å². The van der Waals surface area contributed by atoms with Crippen molar-refractivity contribution >= 4 is 26.0 Å². The summed E-state index contributed by atoms with van der Waals surface area (Å²) in [5.74, 6) is 1.09. The second-order valence-electron chi connectivity index (χ2n) is 4.87. The van der Waals surface area contributed by atoms with Gasteiger partial charge in [-0.05, 0) is 30.3 Å². The van der Waals surface area contributed by atoms with Crippen LogP contribution in [0.1, 0.15) is 0 Å². The van der Waals surface area contributed by atoms with Crippen molar-refractivity contribution in [2.45, 2.75) is 11.4 Å². The molecule has 0 aliphatic rings.